The van der Waals surface area contributed by atoms with Crippen LogP contribution in [0.2, 0.25) is 0 Å². The molecular weight excluding hydrogens is 322 g/mol. The van der Waals surface area contributed by atoms with Crippen molar-refractivity contribution >= 4 is 5.97 Å². The summed E-state index contributed by atoms with van der Waals surface area (Å²) >= 11 is 0. The van der Waals surface area contributed by atoms with Gasteiger partial charge in [-0.2, -0.15) is 0 Å². The van der Waals surface area contributed by atoms with Gasteiger partial charge >= 0.3 is 5.97 Å². The number of hydrogen-bond donors (Lipinski definition) is 2. The van der Waals surface area contributed by atoms with Gasteiger partial charge < -0.3 is 19.7 Å². The summed E-state index contributed by atoms with van der Waals surface area (Å²) < 4.78 is 10.7. The van der Waals surface area contributed by atoms with Crippen molar-refractivity contribution in [2.24, 2.45) is 0 Å². The monoisotopic (exact) mass is 345 g/mol. The summed E-state index contributed by atoms with van der Waals surface area (Å²) in [5.41, 5.74) is 2.18. The molecule has 134 valence electrons. The molecule has 0 atom stereocenters. The van der Waals surface area contributed by atoms with E-state index in [0.29, 0.717) is 19.6 Å². The predicted octanol–water partition coefficient (Wildman–Crippen LogP) is 2.40. The van der Waals surface area contributed by atoms with Gasteiger partial charge in [0, 0.05) is 25.2 Å². The van der Waals surface area contributed by atoms with Gasteiger partial charge in [-0.3, -0.25) is 4.90 Å². The van der Waals surface area contributed by atoms with Crippen LogP contribution in [0.5, 0.6) is 11.5 Å². The summed E-state index contributed by atoms with van der Waals surface area (Å²) in [7, 11) is 3.23. The van der Waals surface area contributed by atoms with E-state index < -0.39 is 5.97 Å². The number of carbonyl (C=O) groups is 1. The number of carboxylic acid groups (broad SMARTS) is 1. The molecule has 0 aliphatic carbocycles. The highest BCUT2D eigenvalue weighted by molar-refractivity contribution is 5.87. The van der Waals surface area contributed by atoms with E-state index in [1.165, 1.54) is 0 Å². The van der Waals surface area contributed by atoms with Crippen LogP contribution in [0.4, 0.5) is 0 Å². The van der Waals surface area contributed by atoms with Crippen molar-refractivity contribution in [1.82, 2.24) is 4.90 Å². The number of ether oxygens (including phenoxy) is 2. The van der Waals surface area contributed by atoms with Crippen LogP contribution in [0.15, 0.2) is 42.5 Å². The number of methoxy groups -OCH3 is 2. The second-order valence-electron chi connectivity index (χ2n) is 5.61. The molecule has 2 aromatic carbocycles. The lowest BCUT2D eigenvalue weighted by atomic mass is 10.1. The maximum atomic E-state index is 10.9. The number of aromatic carboxylic acids is 1. The Morgan fingerprint density at radius 3 is 2.32 bits per heavy atom. The number of benzene rings is 2. The normalized spacial score (nSPS) is 10.7. The number of hydrogen-bond acceptors (Lipinski definition) is 5. The van der Waals surface area contributed by atoms with E-state index in [9.17, 15) is 9.90 Å². The summed E-state index contributed by atoms with van der Waals surface area (Å²) in [5, 5.41) is 18.3. The van der Waals surface area contributed by atoms with Crippen molar-refractivity contribution in [1.29, 1.82) is 0 Å². The average Bonchev–Trinajstić information content (AvgIpc) is 2.62. The van der Waals surface area contributed by atoms with Gasteiger partial charge in [-0.05, 0) is 35.9 Å². The van der Waals surface area contributed by atoms with Gasteiger partial charge in [0.15, 0.2) is 0 Å². The maximum Gasteiger partial charge on any atom is 0.335 e. The van der Waals surface area contributed by atoms with Crippen LogP contribution in [0.3, 0.4) is 0 Å². The zero-order valence-corrected chi connectivity index (χ0v) is 14.4. The Kier molecular flexibility index (Phi) is 6.80. The summed E-state index contributed by atoms with van der Waals surface area (Å²) in [6.07, 6.45) is 0. The SMILES string of the molecule is COc1ccc(OC)c(CN(CCO)Cc2ccc(C(=O)O)cc2)c1. The molecule has 6 heteroatoms. The van der Waals surface area contributed by atoms with E-state index >= 15 is 0 Å². The minimum Gasteiger partial charge on any atom is -0.497 e. The van der Waals surface area contributed by atoms with Gasteiger partial charge in [-0.25, -0.2) is 4.79 Å². The molecule has 2 rings (SSSR count). The first-order chi connectivity index (χ1) is 12.1. The number of aliphatic hydroxyl groups excluding tert-OH is 1. The van der Waals surface area contributed by atoms with Crippen LogP contribution in [0.1, 0.15) is 21.5 Å². The summed E-state index contributed by atoms with van der Waals surface area (Å²) in [5.74, 6) is 0.551. The fraction of sp³-hybridized carbons (Fsp3) is 0.316. The quantitative estimate of drug-likeness (QED) is 0.726. The molecular formula is C19H23NO5. The van der Waals surface area contributed by atoms with Gasteiger partial charge in [-0.1, -0.05) is 12.1 Å². The van der Waals surface area contributed by atoms with Crippen LogP contribution in [-0.4, -0.2) is 48.5 Å². The number of nitrogens with zero attached hydrogens (tertiary/aromatic N) is 1. The van der Waals surface area contributed by atoms with Gasteiger partial charge in [0.1, 0.15) is 11.5 Å². The van der Waals surface area contributed by atoms with E-state index in [2.05, 4.69) is 4.90 Å². The Bertz CT molecular complexity index is 699. The van der Waals surface area contributed by atoms with Crippen molar-refractivity contribution in [2.45, 2.75) is 13.1 Å². The van der Waals surface area contributed by atoms with Crippen LogP contribution in [0.25, 0.3) is 0 Å². The Labute approximate surface area is 147 Å². The molecule has 0 aliphatic rings. The van der Waals surface area contributed by atoms with Crippen LogP contribution >= 0.6 is 0 Å². The van der Waals surface area contributed by atoms with Crippen molar-refractivity contribution in [3.63, 3.8) is 0 Å². The molecule has 0 saturated carbocycles. The van der Waals surface area contributed by atoms with Gasteiger partial charge in [0.05, 0.1) is 26.4 Å². The highest BCUT2D eigenvalue weighted by Crippen LogP contribution is 2.25. The fourth-order valence-corrected chi connectivity index (χ4v) is 2.61. The first kappa shape index (κ1) is 18.8. The maximum absolute atomic E-state index is 10.9. The van der Waals surface area contributed by atoms with Gasteiger partial charge in [0.25, 0.3) is 0 Å². The lowest BCUT2D eigenvalue weighted by Crippen LogP contribution is -2.26. The molecule has 0 aromatic heterocycles. The molecule has 2 N–H and O–H groups in total. The zero-order valence-electron chi connectivity index (χ0n) is 14.4. The second kappa shape index (κ2) is 9.05. The van der Waals surface area contributed by atoms with Crippen molar-refractivity contribution in [2.75, 3.05) is 27.4 Å². The third kappa shape index (κ3) is 5.20. The standard InChI is InChI=1S/C19H23NO5/c1-24-17-7-8-18(25-2)16(11-17)13-20(9-10-21)12-14-3-5-15(6-4-14)19(22)23/h3-8,11,21H,9-10,12-13H2,1-2H3,(H,22,23). The lowest BCUT2D eigenvalue weighted by Gasteiger charge is -2.23. The van der Waals surface area contributed by atoms with Gasteiger partial charge in [0.2, 0.25) is 0 Å². The highest BCUT2D eigenvalue weighted by atomic mass is 16.5. The molecule has 2 aromatic rings. The third-order valence-corrected chi connectivity index (χ3v) is 3.90. The number of carboxylic acids is 1. The first-order valence-electron chi connectivity index (χ1n) is 7.93. The largest absolute Gasteiger partial charge is 0.497 e. The van der Waals surface area contributed by atoms with E-state index in [-0.39, 0.29) is 12.2 Å². The molecule has 0 amide bonds. The molecule has 0 radical (unpaired) electrons. The molecule has 0 heterocycles. The molecule has 0 aliphatic heterocycles. The highest BCUT2D eigenvalue weighted by Gasteiger charge is 2.12. The first-order valence-corrected chi connectivity index (χ1v) is 7.93. The number of rotatable bonds is 9. The molecule has 0 saturated heterocycles. The number of aliphatic hydroxyl groups is 1. The minimum absolute atomic E-state index is 0.0273. The van der Waals surface area contributed by atoms with Crippen molar-refractivity contribution in [3.8, 4) is 11.5 Å². The molecule has 0 bridgehead atoms. The van der Waals surface area contributed by atoms with E-state index in [1.54, 1.807) is 38.5 Å². The van der Waals surface area contributed by atoms with Gasteiger partial charge in [-0.15, -0.1) is 0 Å². The van der Waals surface area contributed by atoms with Crippen LogP contribution in [0, 0.1) is 0 Å². The Morgan fingerprint density at radius 2 is 1.76 bits per heavy atom. The van der Waals surface area contributed by atoms with E-state index in [0.717, 1.165) is 22.6 Å². The second-order valence-corrected chi connectivity index (χ2v) is 5.61. The van der Waals surface area contributed by atoms with E-state index in [4.69, 9.17) is 14.6 Å². The molecule has 0 spiro atoms. The molecule has 25 heavy (non-hydrogen) atoms. The summed E-state index contributed by atoms with van der Waals surface area (Å²) in [6, 6.07) is 12.3. The minimum atomic E-state index is -0.945. The average molecular weight is 345 g/mol. The topological polar surface area (TPSA) is 79.2 Å². The third-order valence-electron chi connectivity index (χ3n) is 3.90. The van der Waals surface area contributed by atoms with Crippen LogP contribution in [-0.2, 0) is 13.1 Å². The summed E-state index contributed by atoms with van der Waals surface area (Å²) in [4.78, 5) is 13.0. The Balaban J connectivity index is 2.16. The van der Waals surface area contributed by atoms with E-state index in [1.807, 2.05) is 18.2 Å². The lowest BCUT2D eigenvalue weighted by molar-refractivity contribution is 0.0697. The van der Waals surface area contributed by atoms with Crippen molar-refractivity contribution < 1.29 is 24.5 Å². The molecule has 6 nitrogen and oxygen atoms in total. The summed E-state index contributed by atoms with van der Waals surface area (Å²) in [6.45, 7) is 1.67. The Hall–Kier alpha value is -2.57. The zero-order chi connectivity index (χ0) is 18.2. The molecule has 0 fully saturated rings. The Morgan fingerprint density at radius 1 is 1.04 bits per heavy atom. The predicted molar refractivity (Wildman–Crippen MR) is 94.1 cm³/mol. The smallest absolute Gasteiger partial charge is 0.335 e. The molecule has 0 unspecified atom stereocenters. The van der Waals surface area contributed by atoms with Crippen molar-refractivity contribution in [3.05, 3.63) is 59.2 Å². The van der Waals surface area contributed by atoms with Crippen LogP contribution < -0.4 is 9.47 Å². The fourth-order valence-electron chi connectivity index (χ4n) is 2.61.